The second-order valence-electron chi connectivity index (χ2n) is 5.36. The molecule has 0 aromatic rings. The molecule has 2 amide bonds. The topological polar surface area (TPSA) is 61.4 Å². The molecule has 0 radical (unpaired) electrons. The van der Waals surface area contributed by atoms with Crippen LogP contribution in [-0.4, -0.2) is 49.4 Å². The molecule has 5 heteroatoms. The van der Waals surface area contributed by atoms with Gasteiger partial charge in [-0.15, -0.1) is 0 Å². The molecule has 0 unspecified atom stereocenters. The minimum atomic E-state index is 0.0409. The molecule has 5 nitrogen and oxygen atoms in total. The van der Waals surface area contributed by atoms with Crippen molar-refractivity contribution in [2.45, 2.75) is 39.2 Å². The highest BCUT2D eigenvalue weighted by Crippen LogP contribution is 2.24. The zero-order valence-corrected chi connectivity index (χ0v) is 11.7. The number of hydrogen-bond donors (Lipinski definition) is 2. The van der Waals surface area contributed by atoms with Crippen LogP contribution in [0.3, 0.4) is 0 Å². The van der Waals surface area contributed by atoms with E-state index in [1.807, 2.05) is 7.05 Å². The lowest BCUT2D eigenvalue weighted by Crippen LogP contribution is -2.38. The van der Waals surface area contributed by atoms with Crippen molar-refractivity contribution in [1.29, 1.82) is 0 Å². The lowest BCUT2D eigenvalue weighted by atomic mass is 10.2. The molecule has 0 bridgehead atoms. The number of carbonyl (C=O) groups excluding carboxylic acids is 2. The molecular weight excluding hydrogens is 230 g/mol. The van der Waals surface area contributed by atoms with E-state index in [4.69, 9.17) is 0 Å². The van der Waals surface area contributed by atoms with Gasteiger partial charge in [0.1, 0.15) is 0 Å². The second-order valence-corrected chi connectivity index (χ2v) is 5.36. The van der Waals surface area contributed by atoms with Crippen LogP contribution in [0.4, 0.5) is 0 Å². The second kappa shape index (κ2) is 7.36. The standard InChI is InChI=1S/C13H25N3O2/c1-10(2)8-15-12(17)6-7-14-9-13(18)16(3)11-4-5-11/h10-11,14H,4-9H2,1-3H3,(H,15,17). The van der Waals surface area contributed by atoms with Gasteiger partial charge in [-0.25, -0.2) is 0 Å². The first-order valence-electron chi connectivity index (χ1n) is 6.73. The van der Waals surface area contributed by atoms with Crippen LogP contribution in [0.1, 0.15) is 33.1 Å². The van der Waals surface area contributed by atoms with Crippen LogP contribution in [0.5, 0.6) is 0 Å². The summed E-state index contributed by atoms with van der Waals surface area (Å²) < 4.78 is 0. The molecular formula is C13H25N3O2. The van der Waals surface area contributed by atoms with Crippen LogP contribution in [0.25, 0.3) is 0 Å². The molecule has 18 heavy (non-hydrogen) atoms. The third-order valence-corrected chi connectivity index (χ3v) is 3.00. The van der Waals surface area contributed by atoms with Crippen LogP contribution < -0.4 is 10.6 Å². The van der Waals surface area contributed by atoms with Crippen molar-refractivity contribution in [3.8, 4) is 0 Å². The van der Waals surface area contributed by atoms with Crippen LogP contribution in [0.15, 0.2) is 0 Å². The number of likely N-dealkylation sites (N-methyl/N-ethyl adjacent to an activating group) is 1. The van der Waals surface area contributed by atoms with Crippen LogP contribution >= 0.6 is 0 Å². The largest absolute Gasteiger partial charge is 0.356 e. The Kier molecular flexibility index (Phi) is 6.12. The SMILES string of the molecule is CC(C)CNC(=O)CCNCC(=O)N(C)C1CC1. The molecule has 1 saturated carbocycles. The number of carbonyl (C=O) groups is 2. The predicted octanol–water partition coefficient (Wildman–Crippen LogP) is 0.359. The van der Waals surface area contributed by atoms with E-state index in [1.54, 1.807) is 4.90 Å². The summed E-state index contributed by atoms with van der Waals surface area (Å²) in [6.07, 6.45) is 2.67. The van der Waals surface area contributed by atoms with Crippen molar-refractivity contribution in [3.63, 3.8) is 0 Å². The van der Waals surface area contributed by atoms with E-state index in [0.29, 0.717) is 38.0 Å². The highest BCUT2D eigenvalue weighted by atomic mass is 16.2. The van der Waals surface area contributed by atoms with E-state index in [-0.39, 0.29) is 11.8 Å². The number of hydrogen-bond acceptors (Lipinski definition) is 3. The first-order valence-corrected chi connectivity index (χ1v) is 6.73. The number of nitrogens with one attached hydrogen (secondary N) is 2. The fourth-order valence-electron chi connectivity index (χ4n) is 1.59. The predicted molar refractivity (Wildman–Crippen MR) is 71.1 cm³/mol. The Morgan fingerprint density at radius 1 is 1.33 bits per heavy atom. The Morgan fingerprint density at radius 3 is 2.56 bits per heavy atom. The van der Waals surface area contributed by atoms with Gasteiger partial charge >= 0.3 is 0 Å². The number of amides is 2. The zero-order valence-electron chi connectivity index (χ0n) is 11.7. The Hall–Kier alpha value is -1.10. The lowest BCUT2D eigenvalue weighted by Gasteiger charge is -2.16. The number of rotatable bonds is 8. The maximum atomic E-state index is 11.6. The summed E-state index contributed by atoms with van der Waals surface area (Å²) in [5.74, 6) is 0.620. The van der Waals surface area contributed by atoms with Gasteiger partial charge in [0.2, 0.25) is 11.8 Å². The first-order chi connectivity index (χ1) is 8.50. The Bertz CT molecular complexity index is 288. The Balaban J connectivity index is 2.00. The van der Waals surface area contributed by atoms with E-state index in [9.17, 15) is 9.59 Å². The summed E-state index contributed by atoms with van der Waals surface area (Å²) in [7, 11) is 1.84. The maximum Gasteiger partial charge on any atom is 0.236 e. The van der Waals surface area contributed by atoms with E-state index < -0.39 is 0 Å². The van der Waals surface area contributed by atoms with Gasteiger partial charge in [-0.1, -0.05) is 13.8 Å². The van der Waals surface area contributed by atoms with Crippen molar-refractivity contribution >= 4 is 11.8 Å². The monoisotopic (exact) mass is 255 g/mol. The molecule has 1 rings (SSSR count). The summed E-state index contributed by atoms with van der Waals surface area (Å²) >= 11 is 0. The fraction of sp³-hybridized carbons (Fsp3) is 0.846. The van der Waals surface area contributed by atoms with E-state index in [0.717, 1.165) is 12.8 Å². The van der Waals surface area contributed by atoms with E-state index in [2.05, 4.69) is 24.5 Å². The Labute approximate surface area is 109 Å². The molecule has 0 saturated heterocycles. The first kappa shape index (κ1) is 15.0. The Morgan fingerprint density at radius 2 is 2.00 bits per heavy atom. The van der Waals surface area contributed by atoms with Crippen molar-refractivity contribution < 1.29 is 9.59 Å². The summed E-state index contributed by atoms with van der Waals surface area (Å²) in [6, 6.07) is 0.452. The van der Waals surface area contributed by atoms with Gasteiger partial charge in [-0.2, -0.15) is 0 Å². The van der Waals surface area contributed by atoms with Crippen LogP contribution in [0.2, 0.25) is 0 Å². The molecule has 0 atom stereocenters. The van der Waals surface area contributed by atoms with Gasteiger partial charge in [0, 0.05) is 32.6 Å². The molecule has 0 aromatic carbocycles. The summed E-state index contributed by atoms with van der Waals surface area (Å²) in [4.78, 5) is 24.8. The lowest BCUT2D eigenvalue weighted by molar-refractivity contribution is -0.129. The smallest absolute Gasteiger partial charge is 0.236 e. The zero-order chi connectivity index (χ0) is 13.5. The molecule has 104 valence electrons. The van der Waals surface area contributed by atoms with E-state index >= 15 is 0 Å². The van der Waals surface area contributed by atoms with Gasteiger partial charge in [-0.05, 0) is 18.8 Å². The molecule has 0 aliphatic heterocycles. The third-order valence-electron chi connectivity index (χ3n) is 3.00. The van der Waals surface area contributed by atoms with Gasteiger partial charge < -0.3 is 15.5 Å². The highest BCUT2D eigenvalue weighted by Gasteiger charge is 2.28. The van der Waals surface area contributed by atoms with Gasteiger partial charge in [-0.3, -0.25) is 9.59 Å². The minimum Gasteiger partial charge on any atom is -0.356 e. The van der Waals surface area contributed by atoms with Crippen LogP contribution in [-0.2, 0) is 9.59 Å². The average molecular weight is 255 g/mol. The molecule has 0 aromatic heterocycles. The van der Waals surface area contributed by atoms with Crippen molar-refractivity contribution in [2.75, 3.05) is 26.7 Å². The fourth-order valence-corrected chi connectivity index (χ4v) is 1.59. The average Bonchev–Trinajstić information content (AvgIpc) is 3.14. The van der Waals surface area contributed by atoms with Gasteiger partial charge in [0.15, 0.2) is 0 Å². The third kappa shape index (κ3) is 6.00. The van der Waals surface area contributed by atoms with E-state index in [1.165, 1.54) is 0 Å². The summed E-state index contributed by atoms with van der Waals surface area (Å²) in [5.41, 5.74) is 0. The summed E-state index contributed by atoms with van der Waals surface area (Å²) in [6.45, 7) is 5.70. The molecule has 1 aliphatic rings. The maximum absolute atomic E-state index is 11.6. The molecule has 0 heterocycles. The minimum absolute atomic E-state index is 0.0409. The highest BCUT2D eigenvalue weighted by molar-refractivity contribution is 5.79. The summed E-state index contributed by atoms with van der Waals surface area (Å²) in [5, 5.41) is 5.86. The molecule has 1 aliphatic carbocycles. The molecule has 1 fully saturated rings. The normalized spacial score (nSPS) is 14.7. The van der Waals surface area contributed by atoms with Gasteiger partial charge in [0.05, 0.1) is 6.54 Å². The van der Waals surface area contributed by atoms with Crippen molar-refractivity contribution in [1.82, 2.24) is 15.5 Å². The number of nitrogens with zero attached hydrogens (tertiary/aromatic N) is 1. The molecule has 0 spiro atoms. The molecule has 2 N–H and O–H groups in total. The van der Waals surface area contributed by atoms with Crippen molar-refractivity contribution in [3.05, 3.63) is 0 Å². The van der Waals surface area contributed by atoms with Crippen molar-refractivity contribution in [2.24, 2.45) is 5.92 Å². The van der Waals surface area contributed by atoms with Gasteiger partial charge in [0.25, 0.3) is 0 Å². The van der Waals surface area contributed by atoms with Crippen LogP contribution in [0, 0.1) is 5.92 Å². The quantitative estimate of drug-likeness (QED) is 0.616.